The summed E-state index contributed by atoms with van der Waals surface area (Å²) in [6, 6.07) is 12.5. The van der Waals surface area contributed by atoms with Crippen LogP contribution in [0.15, 0.2) is 48.7 Å². The third-order valence-electron chi connectivity index (χ3n) is 2.86. The Morgan fingerprint density at radius 2 is 1.83 bits per heavy atom. The fourth-order valence-electron chi connectivity index (χ4n) is 2.06. The number of rotatable bonds is 4. The molecule has 0 saturated carbocycles. The summed E-state index contributed by atoms with van der Waals surface area (Å²) in [6.07, 6.45) is 2.87. The summed E-state index contributed by atoms with van der Waals surface area (Å²) < 4.78 is 13.6. The number of benzene rings is 1. The van der Waals surface area contributed by atoms with Gasteiger partial charge in [-0.3, -0.25) is 4.98 Å². The predicted octanol–water partition coefficient (Wildman–Crippen LogP) is 2.72. The first kappa shape index (κ1) is 12.7. The summed E-state index contributed by atoms with van der Waals surface area (Å²) in [4.78, 5) is 4.25. The van der Waals surface area contributed by atoms with Crippen LogP contribution < -0.4 is 5.73 Å². The Labute approximate surface area is 107 Å². The summed E-state index contributed by atoms with van der Waals surface area (Å²) in [5.41, 5.74) is 7.32. The predicted molar refractivity (Wildman–Crippen MR) is 70.6 cm³/mol. The Bertz CT molecular complexity index is 509. The van der Waals surface area contributed by atoms with E-state index >= 15 is 0 Å². The van der Waals surface area contributed by atoms with E-state index in [1.54, 1.807) is 18.3 Å². The summed E-state index contributed by atoms with van der Waals surface area (Å²) in [7, 11) is 0. The summed E-state index contributed by atoms with van der Waals surface area (Å²) >= 11 is 0. The van der Waals surface area contributed by atoms with Gasteiger partial charge in [0.25, 0.3) is 0 Å². The molecule has 0 saturated heterocycles. The first-order valence-corrected chi connectivity index (χ1v) is 5.99. The Balaban J connectivity index is 2.10. The second-order valence-electron chi connectivity index (χ2n) is 4.92. The summed E-state index contributed by atoms with van der Waals surface area (Å²) in [5.74, 6) is -0.199. The molecular formula is C15H17FN2. The van der Waals surface area contributed by atoms with E-state index in [0.717, 1.165) is 5.69 Å². The number of nitrogens with zero attached hydrogens (tertiary/aromatic N) is 1. The SMILES string of the molecule is CC(N)(Cc1ccccn1)Cc1ccccc1F. The van der Waals surface area contributed by atoms with Gasteiger partial charge in [0.2, 0.25) is 0 Å². The lowest BCUT2D eigenvalue weighted by Gasteiger charge is -2.24. The lowest BCUT2D eigenvalue weighted by Crippen LogP contribution is -2.41. The molecular weight excluding hydrogens is 227 g/mol. The molecule has 1 atom stereocenters. The van der Waals surface area contributed by atoms with Gasteiger partial charge in [0.05, 0.1) is 0 Å². The molecule has 0 aliphatic rings. The zero-order chi connectivity index (χ0) is 13.0. The minimum Gasteiger partial charge on any atom is -0.325 e. The van der Waals surface area contributed by atoms with E-state index in [2.05, 4.69) is 4.98 Å². The van der Waals surface area contributed by atoms with Gasteiger partial charge in [0.15, 0.2) is 0 Å². The number of halogens is 1. The van der Waals surface area contributed by atoms with Gasteiger partial charge in [-0.1, -0.05) is 24.3 Å². The molecule has 0 spiro atoms. The van der Waals surface area contributed by atoms with Crippen LogP contribution in [0.5, 0.6) is 0 Å². The van der Waals surface area contributed by atoms with Crippen LogP contribution in [-0.2, 0) is 12.8 Å². The molecule has 2 rings (SSSR count). The van der Waals surface area contributed by atoms with E-state index in [1.165, 1.54) is 6.07 Å². The van der Waals surface area contributed by atoms with Gasteiger partial charge in [-0.25, -0.2) is 4.39 Å². The highest BCUT2D eigenvalue weighted by molar-refractivity contribution is 5.21. The zero-order valence-corrected chi connectivity index (χ0v) is 10.4. The van der Waals surface area contributed by atoms with Crippen LogP contribution in [0.2, 0.25) is 0 Å². The third kappa shape index (κ3) is 3.37. The second kappa shape index (κ2) is 5.27. The van der Waals surface area contributed by atoms with Gasteiger partial charge in [0, 0.05) is 23.9 Å². The third-order valence-corrected chi connectivity index (χ3v) is 2.86. The van der Waals surface area contributed by atoms with E-state index in [-0.39, 0.29) is 5.82 Å². The quantitative estimate of drug-likeness (QED) is 0.898. The summed E-state index contributed by atoms with van der Waals surface area (Å²) in [5, 5.41) is 0. The molecule has 1 heterocycles. The number of pyridine rings is 1. The maximum atomic E-state index is 13.6. The fourth-order valence-corrected chi connectivity index (χ4v) is 2.06. The molecule has 2 nitrogen and oxygen atoms in total. The van der Waals surface area contributed by atoms with Gasteiger partial charge in [-0.05, 0) is 37.1 Å². The highest BCUT2D eigenvalue weighted by Gasteiger charge is 2.21. The van der Waals surface area contributed by atoms with Crippen molar-refractivity contribution in [1.29, 1.82) is 0 Å². The number of aromatic nitrogens is 1. The van der Waals surface area contributed by atoms with Crippen molar-refractivity contribution in [3.8, 4) is 0 Å². The normalized spacial score (nSPS) is 14.2. The first-order valence-electron chi connectivity index (χ1n) is 5.99. The lowest BCUT2D eigenvalue weighted by molar-refractivity contribution is 0.446. The van der Waals surface area contributed by atoms with Gasteiger partial charge >= 0.3 is 0 Å². The number of hydrogen-bond donors (Lipinski definition) is 1. The summed E-state index contributed by atoms with van der Waals surface area (Å²) in [6.45, 7) is 1.92. The molecule has 3 heteroatoms. The topological polar surface area (TPSA) is 38.9 Å². The average Bonchev–Trinajstić information content (AvgIpc) is 2.32. The Kier molecular flexibility index (Phi) is 3.72. The van der Waals surface area contributed by atoms with Crippen molar-refractivity contribution >= 4 is 0 Å². The Hall–Kier alpha value is -1.74. The van der Waals surface area contributed by atoms with E-state index in [9.17, 15) is 4.39 Å². The van der Waals surface area contributed by atoms with Crippen molar-refractivity contribution in [3.63, 3.8) is 0 Å². The van der Waals surface area contributed by atoms with Crippen LogP contribution in [0.4, 0.5) is 4.39 Å². The van der Waals surface area contributed by atoms with E-state index in [0.29, 0.717) is 18.4 Å². The average molecular weight is 244 g/mol. The second-order valence-corrected chi connectivity index (χ2v) is 4.92. The van der Waals surface area contributed by atoms with Crippen molar-refractivity contribution in [3.05, 3.63) is 65.7 Å². The Morgan fingerprint density at radius 3 is 2.50 bits per heavy atom. The molecule has 1 aromatic heterocycles. The van der Waals surface area contributed by atoms with Crippen molar-refractivity contribution < 1.29 is 4.39 Å². The van der Waals surface area contributed by atoms with Crippen LogP contribution >= 0.6 is 0 Å². The van der Waals surface area contributed by atoms with Gasteiger partial charge in [-0.2, -0.15) is 0 Å². The Morgan fingerprint density at radius 1 is 1.11 bits per heavy atom. The van der Waals surface area contributed by atoms with E-state index in [4.69, 9.17) is 5.73 Å². The maximum Gasteiger partial charge on any atom is 0.126 e. The molecule has 2 aromatic rings. The molecule has 0 bridgehead atoms. The van der Waals surface area contributed by atoms with Crippen LogP contribution in [0, 0.1) is 5.82 Å². The molecule has 94 valence electrons. The van der Waals surface area contributed by atoms with Crippen molar-refractivity contribution in [2.45, 2.75) is 25.3 Å². The highest BCUT2D eigenvalue weighted by atomic mass is 19.1. The molecule has 2 N–H and O–H groups in total. The molecule has 0 aliphatic heterocycles. The lowest BCUT2D eigenvalue weighted by atomic mass is 9.89. The van der Waals surface area contributed by atoms with Crippen LogP contribution in [-0.4, -0.2) is 10.5 Å². The smallest absolute Gasteiger partial charge is 0.126 e. The fraction of sp³-hybridized carbons (Fsp3) is 0.267. The number of nitrogens with two attached hydrogens (primary N) is 1. The van der Waals surface area contributed by atoms with Gasteiger partial charge in [-0.15, -0.1) is 0 Å². The zero-order valence-electron chi connectivity index (χ0n) is 10.4. The molecule has 0 fully saturated rings. The molecule has 0 amide bonds. The van der Waals surface area contributed by atoms with Gasteiger partial charge < -0.3 is 5.73 Å². The molecule has 0 aliphatic carbocycles. The largest absolute Gasteiger partial charge is 0.325 e. The van der Waals surface area contributed by atoms with Crippen molar-refractivity contribution in [1.82, 2.24) is 4.98 Å². The van der Waals surface area contributed by atoms with Crippen molar-refractivity contribution in [2.75, 3.05) is 0 Å². The van der Waals surface area contributed by atoms with Crippen LogP contribution in [0.25, 0.3) is 0 Å². The highest BCUT2D eigenvalue weighted by Crippen LogP contribution is 2.17. The molecule has 18 heavy (non-hydrogen) atoms. The molecule has 1 unspecified atom stereocenters. The first-order chi connectivity index (χ1) is 8.57. The molecule has 1 aromatic carbocycles. The number of hydrogen-bond acceptors (Lipinski definition) is 2. The maximum absolute atomic E-state index is 13.6. The van der Waals surface area contributed by atoms with Crippen LogP contribution in [0.3, 0.4) is 0 Å². The standard InChI is InChI=1S/C15H17FN2/c1-15(17,11-13-7-4-5-9-18-13)10-12-6-2-3-8-14(12)16/h2-9H,10-11,17H2,1H3. The van der Waals surface area contributed by atoms with Crippen molar-refractivity contribution in [2.24, 2.45) is 5.73 Å². The monoisotopic (exact) mass is 244 g/mol. The van der Waals surface area contributed by atoms with Crippen LogP contribution in [0.1, 0.15) is 18.2 Å². The molecule has 0 radical (unpaired) electrons. The van der Waals surface area contributed by atoms with E-state index < -0.39 is 5.54 Å². The van der Waals surface area contributed by atoms with Gasteiger partial charge in [0.1, 0.15) is 5.82 Å². The minimum absolute atomic E-state index is 0.199. The van der Waals surface area contributed by atoms with E-state index in [1.807, 2.05) is 31.2 Å². The minimum atomic E-state index is -0.503.